The van der Waals surface area contributed by atoms with Gasteiger partial charge < -0.3 is 9.47 Å². The summed E-state index contributed by atoms with van der Waals surface area (Å²) < 4.78 is 36.0. The van der Waals surface area contributed by atoms with Gasteiger partial charge in [0.1, 0.15) is 5.75 Å². The Bertz CT molecular complexity index is 769. The summed E-state index contributed by atoms with van der Waals surface area (Å²) in [5.74, 6) is -0.168. The number of benzene rings is 1. The van der Waals surface area contributed by atoms with Gasteiger partial charge in [-0.15, -0.1) is 0 Å². The number of sulfone groups is 1. The van der Waals surface area contributed by atoms with Crippen molar-refractivity contribution in [1.29, 1.82) is 0 Å². The van der Waals surface area contributed by atoms with Crippen molar-refractivity contribution >= 4 is 15.8 Å². The first kappa shape index (κ1) is 23.0. The number of hydrogen-bond donors (Lipinski definition) is 0. The maximum absolute atomic E-state index is 13.0. The molecule has 0 amide bonds. The predicted octanol–water partition coefficient (Wildman–Crippen LogP) is 4.48. The molecule has 1 aromatic carbocycles. The van der Waals surface area contributed by atoms with Crippen LogP contribution in [0.2, 0.25) is 0 Å². The fourth-order valence-corrected chi connectivity index (χ4v) is 4.03. The third-order valence-electron chi connectivity index (χ3n) is 4.08. The van der Waals surface area contributed by atoms with Crippen molar-refractivity contribution in [2.24, 2.45) is 0 Å². The van der Waals surface area contributed by atoms with E-state index in [2.05, 4.69) is 6.08 Å². The molecule has 1 atom stereocenters. The molecule has 0 aliphatic carbocycles. The van der Waals surface area contributed by atoms with Gasteiger partial charge >= 0.3 is 5.97 Å². The Kier molecular flexibility index (Phi) is 9.29. The molecule has 0 aliphatic rings. The lowest BCUT2D eigenvalue weighted by Crippen LogP contribution is -2.32. The highest BCUT2D eigenvalue weighted by molar-refractivity contribution is 7.92. The number of methoxy groups -OCH3 is 1. The van der Waals surface area contributed by atoms with Crippen LogP contribution in [0.3, 0.4) is 0 Å². The summed E-state index contributed by atoms with van der Waals surface area (Å²) in [4.78, 5) is 12.4. The van der Waals surface area contributed by atoms with E-state index in [0.29, 0.717) is 5.75 Å². The largest absolute Gasteiger partial charge is 0.497 e. The van der Waals surface area contributed by atoms with Gasteiger partial charge in [0.05, 0.1) is 18.6 Å². The number of rotatable bonds is 10. The molecule has 0 aliphatic heterocycles. The van der Waals surface area contributed by atoms with Crippen LogP contribution in [0.4, 0.5) is 0 Å². The third-order valence-corrected chi connectivity index (χ3v) is 6.15. The molecule has 0 saturated heterocycles. The number of ether oxygens (including phenoxy) is 2. The minimum Gasteiger partial charge on any atom is -0.497 e. The van der Waals surface area contributed by atoms with Gasteiger partial charge in [-0.2, -0.15) is 0 Å². The summed E-state index contributed by atoms with van der Waals surface area (Å²) in [6.45, 7) is 7.82. The fraction of sp³-hybridized carbons (Fsp3) is 0.476. The molecule has 1 aromatic rings. The fourth-order valence-electron chi connectivity index (χ4n) is 2.51. The second kappa shape index (κ2) is 10.9. The second-order valence-corrected chi connectivity index (χ2v) is 8.70. The molecule has 0 fully saturated rings. The molecule has 6 heteroatoms. The van der Waals surface area contributed by atoms with Crippen LogP contribution in [-0.2, 0) is 19.4 Å². The zero-order valence-corrected chi connectivity index (χ0v) is 17.6. The lowest BCUT2D eigenvalue weighted by Gasteiger charge is -2.16. The van der Waals surface area contributed by atoms with Crippen LogP contribution in [0.25, 0.3) is 0 Å². The Balaban J connectivity index is 3.05. The molecule has 0 heterocycles. The standard InChI is InChI=1S/C21H30O5S/c1-6-26-21(22)20(15-10-17(4)9-7-8-16(2)3)27(23,24)19-13-11-18(25-5)12-14-19/h8,10-14,20H,6-7,9,15H2,1-5H3/b17-10+. The molecule has 27 heavy (non-hydrogen) atoms. The van der Waals surface area contributed by atoms with E-state index in [1.54, 1.807) is 19.1 Å². The zero-order chi connectivity index (χ0) is 20.4. The second-order valence-electron chi connectivity index (χ2n) is 6.57. The van der Waals surface area contributed by atoms with E-state index >= 15 is 0 Å². The highest BCUT2D eigenvalue weighted by atomic mass is 32.2. The Hall–Kier alpha value is -2.08. The Morgan fingerprint density at radius 1 is 1.11 bits per heavy atom. The van der Waals surface area contributed by atoms with Crippen molar-refractivity contribution in [1.82, 2.24) is 0 Å². The van der Waals surface area contributed by atoms with Gasteiger partial charge in [0.25, 0.3) is 0 Å². The van der Waals surface area contributed by atoms with E-state index < -0.39 is 21.1 Å². The average Bonchev–Trinajstić information content (AvgIpc) is 2.61. The van der Waals surface area contributed by atoms with Crippen LogP contribution in [0, 0.1) is 0 Å². The van der Waals surface area contributed by atoms with Gasteiger partial charge in [-0.1, -0.05) is 23.3 Å². The molecule has 0 N–H and O–H groups in total. The SMILES string of the molecule is CCOC(=O)C(C/C=C(\C)CCC=C(C)C)S(=O)(=O)c1ccc(OC)cc1. The first-order chi connectivity index (χ1) is 12.7. The van der Waals surface area contributed by atoms with Crippen LogP contribution < -0.4 is 4.74 Å². The quantitative estimate of drug-likeness (QED) is 0.432. The van der Waals surface area contributed by atoms with Gasteiger partial charge in [0, 0.05) is 0 Å². The van der Waals surface area contributed by atoms with Crippen molar-refractivity contribution in [3.63, 3.8) is 0 Å². The monoisotopic (exact) mass is 394 g/mol. The first-order valence-electron chi connectivity index (χ1n) is 9.06. The highest BCUT2D eigenvalue weighted by Gasteiger charge is 2.34. The first-order valence-corrected chi connectivity index (χ1v) is 10.6. The van der Waals surface area contributed by atoms with Crippen molar-refractivity contribution in [3.05, 3.63) is 47.6 Å². The third kappa shape index (κ3) is 7.21. The molecule has 1 rings (SSSR count). The molecular formula is C21H30O5S. The highest BCUT2D eigenvalue weighted by Crippen LogP contribution is 2.23. The van der Waals surface area contributed by atoms with E-state index in [4.69, 9.17) is 9.47 Å². The van der Waals surface area contributed by atoms with Crippen LogP contribution in [0.5, 0.6) is 5.75 Å². The molecule has 0 aromatic heterocycles. The van der Waals surface area contributed by atoms with Gasteiger partial charge in [-0.05, 0) is 71.2 Å². The minimum absolute atomic E-state index is 0.0805. The number of carbonyl (C=O) groups is 1. The van der Waals surface area contributed by atoms with Crippen molar-refractivity contribution < 1.29 is 22.7 Å². The maximum Gasteiger partial charge on any atom is 0.325 e. The van der Waals surface area contributed by atoms with Gasteiger partial charge in [-0.25, -0.2) is 8.42 Å². The van der Waals surface area contributed by atoms with E-state index in [0.717, 1.165) is 18.4 Å². The van der Waals surface area contributed by atoms with Crippen LogP contribution >= 0.6 is 0 Å². The smallest absolute Gasteiger partial charge is 0.325 e. The van der Waals surface area contributed by atoms with E-state index in [9.17, 15) is 13.2 Å². The zero-order valence-electron chi connectivity index (χ0n) is 16.8. The van der Waals surface area contributed by atoms with E-state index in [1.165, 1.54) is 24.8 Å². The summed E-state index contributed by atoms with van der Waals surface area (Å²) in [6, 6.07) is 6.03. The Labute approximate surface area is 163 Å². The van der Waals surface area contributed by atoms with Gasteiger partial charge in [-0.3, -0.25) is 4.79 Å². The predicted molar refractivity (Wildman–Crippen MR) is 108 cm³/mol. The molecule has 0 radical (unpaired) electrons. The van der Waals surface area contributed by atoms with Gasteiger partial charge in [0.2, 0.25) is 0 Å². The molecule has 0 spiro atoms. The summed E-state index contributed by atoms with van der Waals surface area (Å²) in [7, 11) is -2.36. The van der Waals surface area contributed by atoms with E-state index in [-0.39, 0.29) is 17.9 Å². The normalized spacial score (nSPS) is 13.0. The van der Waals surface area contributed by atoms with Gasteiger partial charge in [0.15, 0.2) is 15.1 Å². The maximum atomic E-state index is 13.0. The van der Waals surface area contributed by atoms with Crippen molar-refractivity contribution in [2.75, 3.05) is 13.7 Å². The molecule has 5 nitrogen and oxygen atoms in total. The van der Waals surface area contributed by atoms with Crippen LogP contribution in [0.1, 0.15) is 47.0 Å². The number of hydrogen-bond acceptors (Lipinski definition) is 5. The average molecular weight is 395 g/mol. The lowest BCUT2D eigenvalue weighted by atomic mass is 10.1. The molecular weight excluding hydrogens is 364 g/mol. The molecule has 150 valence electrons. The van der Waals surface area contributed by atoms with Crippen LogP contribution in [-0.4, -0.2) is 33.4 Å². The number of carbonyl (C=O) groups excluding carboxylic acids is 1. The minimum atomic E-state index is -3.86. The summed E-state index contributed by atoms with van der Waals surface area (Å²) in [6.07, 6.45) is 5.76. The van der Waals surface area contributed by atoms with Crippen molar-refractivity contribution in [3.8, 4) is 5.75 Å². The van der Waals surface area contributed by atoms with E-state index in [1.807, 2.05) is 26.8 Å². The van der Waals surface area contributed by atoms with Crippen molar-refractivity contribution in [2.45, 2.75) is 57.1 Å². The lowest BCUT2D eigenvalue weighted by molar-refractivity contribution is -0.142. The summed E-state index contributed by atoms with van der Waals surface area (Å²) in [5.41, 5.74) is 2.29. The van der Waals surface area contributed by atoms with Crippen LogP contribution in [0.15, 0.2) is 52.5 Å². The summed E-state index contributed by atoms with van der Waals surface area (Å²) >= 11 is 0. The molecule has 0 bridgehead atoms. The number of allylic oxidation sites excluding steroid dienone is 4. The Morgan fingerprint density at radius 3 is 2.26 bits per heavy atom. The summed E-state index contributed by atoms with van der Waals surface area (Å²) in [5, 5.41) is -1.26. The molecule has 0 saturated carbocycles. The number of esters is 1. The molecule has 1 unspecified atom stereocenters. The topological polar surface area (TPSA) is 69.7 Å². The Morgan fingerprint density at radius 2 is 1.74 bits per heavy atom.